The molecule has 0 atom stereocenters. The van der Waals surface area contributed by atoms with Crippen LogP contribution >= 0.6 is 0 Å². The Morgan fingerprint density at radius 3 is 1.06 bits per heavy atom. The van der Waals surface area contributed by atoms with Crippen molar-refractivity contribution in [1.29, 1.82) is 0 Å². The molecule has 18 heavy (non-hydrogen) atoms. The molecule has 0 heterocycles. The summed E-state index contributed by atoms with van der Waals surface area (Å²) in [6.45, 7) is 9.28. The molecule has 0 nitrogen and oxygen atoms in total. The second kappa shape index (κ2) is 12.3. The Hall–Kier alpha value is 1.60. The fraction of sp³-hybridized carbons (Fsp3) is 1.00. The molecule has 0 saturated carbocycles. The van der Waals surface area contributed by atoms with Crippen molar-refractivity contribution in [2.45, 2.75) is 90.9 Å². The first-order valence-corrected chi connectivity index (χ1v) is 27.7. The molecule has 0 aromatic carbocycles. The van der Waals surface area contributed by atoms with E-state index in [2.05, 4.69) is 47.5 Å². The number of rotatable bonds is 8. The van der Waals surface area contributed by atoms with Crippen LogP contribution in [0, 0.1) is 0 Å². The first kappa shape index (κ1) is 21.9. The number of hydrogen-bond acceptors (Lipinski definition) is 0. The van der Waals surface area contributed by atoms with Gasteiger partial charge in [-0.3, -0.25) is 0 Å². The van der Waals surface area contributed by atoms with Crippen LogP contribution < -0.4 is 0 Å². The number of unbranched alkanes of at least 4 members (excludes halogenated alkanes) is 2. The van der Waals surface area contributed by atoms with Gasteiger partial charge in [-0.25, -0.2) is 0 Å². The zero-order chi connectivity index (χ0) is 14.7. The van der Waals surface area contributed by atoms with E-state index in [0.29, 0.717) is 0 Å². The zero-order valence-electron chi connectivity index (χ0n) is 14.7. The van der Waals surface area contributed by atoms with Crippen LogP contribution in [0.25, 0.3) is 0 Å². The van der Waals surface area contributed by atoms with E-state index in [-0.39, 0.29) is 0 Å². The molecule has 112 valence electrons. The Morgan fingerprint density at radius 2 is 0.889 bits per heavy atom. The van der Waals surface area contributed by atoms with Crippen molar-refractivity contribution >= 4 is 36.8 Å². The van der Waals surface area contributed by atoms with Gasteiger partial charge < -0.3 is 0 Å². The van der Waals surface area contributed by atoms with Crippen molar-refractivity contribution in [2.75, 3.05) is 0 Å². The first-order valence-electron chi connectivity index (χ1n) is 8.24. The molecule has 0 saturated heterocycles. The van der Waals surface area contributed by atoms with Gasteiger partial charge in [0.1, 0.15) is 0 Å². The Kier molecular flexibility index (Phi) is 15.0. The van der Waals surface area contributed by atoms with E-state index in [1.165, 1.54) is 34.6 Å². The minimum atomic E-state index is -1.44. The van der Waals surface area contributed by atoms with E-state index in [1.807, 2.05) is 0 Å². The second-order valence-corrected chi connectivity index (χ2v) is 38.8. The van der Waals surface area contributed by atoms with Gasteiger partial charge in [0.15, 0.2) is 0 Å². The summed E-state index contributed by atoms with van der Waals surface area (Å²) in [4.78, 5) is 10.2. The van der Waals surface area contributed by atoms with Crippen LogP contribution in [0.2, 0.25) is 37.5 Å². The fourth-order valence-electron chi connectivity index (χ4n) is 1.69. The average Bonchev–Trinajstić information content (AvgIpc) is 2.35. The summed E-state index contributed by atoms with van der Waals surface area (Å²) in [7, 11) is 0. The second-order valence-electron chi connectivity index (χ2n) is 7.24. The third-order valence-corrected chi connectivity index (χ3v) is 25.0. The van der Waals surface area contributed by atoms with Crippen LogP contribution in [-0.2, 0) is 0 Å². The van der Waals surface area contributed by atoms with E-state index in [0.717, 1.165) is 0 Å². The molecular formula is C16H40Sn2. The molecule has 0 aliphatic rings. The zero-order valence-corrected chi connectivity index (χ0v) is 20.4. The fourth-order valence-corrected chi connectivity index (χ4v) is 11.3. The van der Waals surface area contributed by atoms with E-state index in [9.17, 15) is 0 Å². The van der Waals surface area contributed by atoms with Gasteiger partial charge in [-0.1, -0.05) is 0 Å². The van der Waals surface area contributed by atoms with Crippen molar-refractivity contribution in [1.82, 2.24) is 0 Å². The Bertz CT molecular complexity index is 158. The van der Waals surface area contributed by atoms with Crippen LogP contribution in [0.3, 0.4) is 0 Å². The maximum absolute atomic E-state index is 2.61. The Morgan fingerprint density at radius 1 is 0.556 bits per heavy atom. The molecule has 0 amide bonds. The summed E-state index contributed by atoms with van der Waals surface area (Å²) >= 11 is -2.72. The van der Waals surface area contributed by atoms with Crippen LogP contribution in [0.5, 0.6) is 0 Å². The number of hydrogen-bond donors (Lipinski definition) is 0. The minimum absolute atomic E-state index is 1.28. The molecule has 0 N–H and O–H groups in total. The topological polar surface area (TPSA) is 0 Å². The summed E-state index contributed by atoms with van der Waals surface area (Å²) in [6, 6.07) is 0. The van der Waals surface area contributed by atoms with Crippen molar-refractivity contribution in [2.24, 2.45) is 0 Å². The van der Waals surface area contributed by atoms with Gasteiger partial charge in [0.25, 0.3) is 0 Å². The summed E-state index contributed by atoms with van der Waals surface area (Å²) in [5.74, 6) is 0. The molecule has 0 aromatic rings. The van der Waals surface area contributed by atoms with Gasteiger partial charge in [-0.05, 0) is 0 Å². The molecule has 0 spiro atoms. The Balaban J connectivity index is 0. The van der Waals surface area contributed by atoms with E-state index in [1.54, 1.807) is 8.87 Å². The van der Waals surface area contributed by atoms with Gasteiger partial charge in [0, 0.05) is 0 Å². The predicted octanol–water partition coefficient (Wildman–Crippen LogP) is 7.03. The molecular weight excluding hydrogens is 430 g/mol. The standard InChI is InChI=1S/2C4H9.2C2H5.4CH3.2Sn/c2*1-3-4-2;2*1-2;;;;;;/h2*1,3-4H2,2H3;2*1H2,2H3;4*1H3;;. The normalized spacial score (nSPS) is 12.0. The Labute approximate surface area is 126 Å². The molecule has 0 fully saturated rings. The van der Waals surface area contributed by atoms with Crippen LogP contribution in [-0.4, -0.2) is 36.8 Å². The maximum atomic E-state index is 2.61. The van der Waals surface area contributed by atoms with E-state index < -0.39 is 36.8 Å². The third kappa shape index (κ3) is 15.7. The van der Waals surface area contributed by atoms with Crippen molar-refractivity contribution in [3.8, 4) is 0 Å². The van der Waals surface area contributed by atoms with Crippen molar-refractivity contribution in [3.63, 3.8) is 0 Å². The molecule has 0 aromatic heterocycles. The predicted molar refractivity (Wildman–Crippen MR) is 95.4 cm³/mol. The van der Waals surface area contributed by atoms with E-state index in [4.69, 9.17) is 0 Å². The molecule has 0 rings (SSSR count). The van der Waals surface area contributed by atoms with Crippen molar-refractivity contribution < 1.29 is 0 Å². The van der Waals surface area contributed by atoms with Gasteiger partial charge in [-0.15, -0.1) is 0 Å². The average molecular weight is 470 g/mol. The van der Waals surface area contributed by atoms with Crippen molar-refractivity contribution in [3.05, 3.63) is 0 Å². The molecule has 0 radical (unpaired) electrons. The molecule has 0 aliphatic heterocycles. The van der Waals surface area contributed by atoms with Crippen LogP contribution in [0.4, 0.5) is 0 Å². The van der Waals surface area contributed by atoms with Gasteiger partial charge in [-0.2, -0.15) is 0 Å². The van der Waals surface area contributed by atoms with Gasteiger partial charge >= 0.3 is 128 Å². The summed E-state index contributed by atoms with van der Waals surface area (Å²) in [5.41, 5.74) is 0. The third-order valence-electron chi connectivity index (χ3n) is 4.33. The first-order chi connectivity index (χ1) is 8.24. The van der Waals surface area contributed by atoms with Gasteiger partial charge in [0.05, 0.1) is 0 Å². The summed E-state index contributed by atoms with van der Waals surface area (Å²) in [5, 5.41) is 0. The molecule has 0 bridgehead atoms. The monoisotopic (exact) mass is 472 g/mol. The summed E-state index contributed by atoms with van der Waals surface area (Å²) in [6.07, 6.45) is 5.78. The van der Waals surface area contributed by atoms with Gasteiger partial charge in [0.2, 0.25) is 0 Å². The molecule has 2 heteroatoms. The quantitative estimate of drug-likeness (QED) is 0.335. The molecule has 0 aliphatic carbocycles. The summed E-state index contributed by atoms with van der Waals surface area (Å²) < 4.78 is 6.24. The van der Waals surface area contributed by atoms with E-state index >= 15 is 0 Å². The SMILES string of the molecule is CCC[CH2][Sn]([CH3])([CH3])[CH2]CCC.C[CH2][Sn]([CH3])([CH3])[CH2]C. The van der Waals surface area contributed by atoms with Crippen LogP contribution in [0.1, 0.15) is 53.4 Å². The molecule has 0 unspecified atom stereocenters. The van der Waals surface area contributed by atoms with Crippen LogP contribution in [0.15, 0.2) is 0 Å².